The van der Waals surface area contributed by atoms with Crippen molar-refractivity contribution in [3.05, 3.63) is 53.6 Å². The van der Waals surface area contributed by atoms with Gasteiger partial charge in [0.1, 0.15) is 5.75 Å². The molecule has 1 saturated heterocycles. The molecule has 1 fully saturated rings. The summed E-state index contributed by atoms with van der Waals surface area (Å²) in [5.41, 5.74) is 4.55. The third kappa shape index (κ3) is 5.79. The molecule has 1 amide bonds. The first-order valence-corrected chi connectivity index (χ1v) is 11.5. The highest BCUT2D eigenvalue weighted by Gasteiger charge is 2.22. The van der Waals surface area contributed by atoms with E-state index in [-0.39, 0.29) is 5.91 Å². The Labute approximate surface area is 187 Å². The lowest BCUT2D eigenvalue weighted by molar-refractivity contribution is -0.117. The molecule has 0 radical (unpaired) electrons. The van der Waals surface area contributed by atoms with Crippen LogP contribution in [0.1, 0.15) is 57.6 Å². The molecule has 0 bridgehead atoms. The minimum Gasteiger partial charge on any atom is -0.492 e. The number of carbonyl (C=O) groups excluding carboxylic acids is 1. The van der Waals surface area contributed by atoms with E-state index < -0.39 is 0 Å². The number of hydrogen-bond acceptors (Lipinski definition) is 4. The second-order valence-corrected chi connectivity index (χ2v) is 8.83. The largest absolute Gasteiger partial charge is 0.492 e. The maximum atomic E-state index is 12.9. The maximum absolute atomic E-state index is 12.9. The Morgan fingerprint density at radius 3 is 2.13 bits per heavy atom. The van der Waals surface area contributed by atoms with Crippen LogP contribution < -0.4 is 15.0 Å². The fraction of sp³-hybridized carbons (Fsp3) is 0.500. The van der Waals surface area contributed by atoms with Gasteiger partial charge in [0.2, 0.25) is 5.91 Å². The molecule has 0 aliphatic carbocycles. The number of nitrogens with zero attached hydrogens (tertiary/aromatic N) is 2. The summed E-state index contributed by atoms with van der Waals surface area (Å²) >= 11 is 0. The standard InChI is InChI=1S/C26H37N3O2/c1-6-31-24-13-8-7-12-23(24)29-16-14-28(15-17-29)18-25(30)27-26-21(19(2)3)10-9-11-22(26)20(4)5/h7-13,19-20H,6,14-18H2,1-5H3,(H,27,30). The molecule has 31 heavy (non-hydrogen) atoms. The van der Waals surface area contributed by atoms with Crippen molar-refractivity contribution in [1.82, 2.24) is 4.90 Å². The Kier molecular flexibility index (Phi) is 7.97. The number of anilines is 2. The summed E-state index contributed by atoms with van der Waals surface area (Å²) in [6.07, 6.45) is 0. The Morgan fingerprint density at radius 1 is 0.935 bits per heavy atom. The van der Waals surface area contributed by atoms with Crippen molar-refractivity contribution in [1.29, 1.82) is 0 Å². The highest BCUT2D eigenvalue weighted by Crippen LogP contribution is 2.32. The fourth-order valence-corrected chi connectivity index (χ4v) is 4.22. The van der Waals surface area contributed by atoms with Gasteiger partial charge in [-0.3, -0.25) is 9.69 Å². The highest BCUT2D eigenvalue weighted by atomic mass is 16.5. The summed E-state index contributed by atoms with van der Waals surface area (Å²) < 4.78 is 5.79. The number of carbonyl (C=O) groups is 1. The Balaban J connectivity index is 1.62. The van der Waals surface area contributed by atoms with Crippen LogP contribution in [0.25, 0.3) is 0 Å². The van der Waals surface area contributed by atoms with E-state index in [1.165, 1.54) is 11.1 Å². The van der Waals surface area contributed by atoms with Gasteiger partial charge in [0.05, 0.1) is 18.8 Å². The first kappa shape index (κ1) is 23.1. The van der Waals surface area contributed by atoms with E-state index in [0.29, 0.717) is 25.0 Å². The number of benzene rings is 2. The first-order valence-electron chi connectivity index (χ1n) is 11.5. The normalized spacial score (nSPS) is 14.9. The van der Waals surface area contributed by atoms with Crippen LogP contribution in [-0.4, -0.2) is 50.1 Å². The topological polar surface area (TPSA) is 44.8 Å². The molecule has 2 aromatic rings. The van der Waals surface area contributed by atoms with Gasteiger partial charge in [0.15, 0.2) is 0 Å². The maximum Gasteiger partial charge on any atom is 0.238 e. The smallest absolute Gasteiger partial charge is 0.238 e. The minimum absolute atomic E-state index is 0.0677. The lowest BCUT2D eigenvalue weighted by Gasteiger charge is -2.36. The molecule has 2 aromatic carbocycles. The molecular formula is C26H37N3O2. The zero-order valence-electron chi connectivity index (χ0n) is 19.6. The number of hydrogen-bond donors (Lipinski definition) is 1. The molecule has 1 heterocycles. The van der Waals surface area contributed by atoms with E-state index in [0.717, 1.165) is 43.3 Å². The quantitative estimate of drug-likeness (QED) is 0.642. The Hall–Kier alpha value is -2.53. The van der Waals surface area contributed by atoms with Gasteiger partial charge in [-0.25, -0.2) is 0 Å². The molecule has 0 aromatic heterocycles. The summed E-state index contributed by atoms with van der Waals surface area (Å²) in [4.78, 5) is 17.5. The highest BCUT2D eigenvalue weighted by molar-refractivity contribution is 5.94. The van der Waals surface area contributed by atoms with Crippen LogP contribution in [0.5, 0.6) is 5.75 Å². The van der Waals surface area contributed by atoms with Crippen LogP contribution in [0.3, 0.4) is 0 Å². The lowest BCUT2D eigenvalue weighted by Crippen LogP contribution is -2.48. The van der Waals surface area contributed by atoms with E-state index >= 15 is 0 Å². The van der Waals surface area contributed by atoms with E-state index in [1.54, 1.807) is 0 Å². The third-order valence-corrected chi connectivity index (χ3v) is 5.88. The van der Waals surface area contributed by atoms with Crippen LogP contribution in [0.2, 0.25) is 0 Å². The summed E-state index contributed by atoms with van der Waals surface area (Å²) in [6.45, 7) is 15.3. The number of ether oxygens (including phenoxy) is 1. The molecular weight excluding hydrogens is 386 g/mol. The lowest BCUT2D eigenvalue weighted by atomic mass is 9.92. The van der Waals surface area contributed by atoms with E-state index in [4.69, 9.17) is 4.74 Å². The van der Waals surface area contributed by atoms with Crippen LogP contribution in [0.15, 0.2) is 42.5 Å². The van der Waals surface area contributed by atoms with Gasteiger partial charge in [-0.2, -0.15) is 0 Å². The predicted molar refractivity (Wildman–Crippen MR) is 130 cm³/mol. The van der Waals surface area contributed by atoms with E-state index in [9.17, 15) is 4.79 Å². The molecule has 5 heteroatoms. The van der Waals surface area contributed by atoms with Crippen molar-refractivity contribution in [2.24, 2.45) is 0 Å². The molecule has 1 N–H and O–H groups in total. The van der Waals surface area contributed by atoms with Gasteiger partial charge in [-0.15, -0.1) is 0 Å². The number of nitrogens with one attached hydrogen (secondary N) is 1. The molecule has 0 saturated carbocycles. The van der Waals surface area contributed by atoms with Crippen molar-refractivity contribution in [2.75, 3.05) is 49.5 Å². The SMILES string of the molecule is CCOc1ccccc1N1CCN(CC(=O)Nc2c(C(C)C)cccc2C(C)C)CC1. The summed E-state index contributed by atoms with van der Waals surface area (Å²) in [5, 5.41) is 3.24. The average molecular weight is 424 g/mol. The fourth-order valence-electron chi connectivity index (χ4n) is 4.22. The van der Waals surface area contributed by atoms with Crippen LogP contribution in [0, 0.1) is 0 Å². The summed E-state index contributed by atoms with van der Waals surface area (Å²) in [7, 11) is 0. The van der Waals surface area contributed by atoms with E-state index in [2.05, 4.69) is 73.1 Å². The first-order chi connectivity index (χ1) is 14.9. The zero-order valence-corrected chi connectivity index (χ0v) is 19.6. The summed E-state index contributed by atoms with van der Waals surface area (Å²) in [6, 6.07) is 14.5. The van der Waals surface area contributed by atoms with Crippen molar-refractivity contribution in [2.45, 2.75) is 46.5 Å². The molecule has 168 valence electrons. The molecule has 3 rings (SSSR count). The average Bonchev–Trinajstić information content (AvgIpc) is 2.75. The van der Waals surface area contributed by atoms with Crippen molar-refractivity contribution >= 4 is 17.3 Å². The van der Waals surface area contributed by atoms with Crippen LogP contribution in [-0.2, 0) is 4.79 Å². The van der Waals surface area contributed by atoms with Gasteiger partial charge >= 0.3 is 0 Å². The molecule has 1 aliphatic rings. The molecule has 0 spiro atoms. The number of amides is 1. The third-order valence-electron chi connectivity index (χ3n) is 5.88. The second kappa shape index (κ2) is 10.7. The Bertz CT molecular complexity index is 844. The van der Waals surface area contributed by atoms with Gasteiger partial charge in [0.25, 0.3) is 0 Å². The number of para-hydroxylation sites is 3. The molecule has 0 unspecified atom stereocenters. The zero-order chi connectivity index (χ0) is 22.4. The minimum atomic E-state index is 0.0677. The predicted octanol–water partition coefficient (Wildman–Crippen LogP) is 5.09. The summed E-state index contributed by atoms with van der Waals surface area (Å²) in [5.74, 6) is 1.73. The van der Waals surface area contributed by atoms with Gasteiger partial charge in [-0.1, -0.05) is 58.0 Å². The monoisotopic (exact) mass is 423 g/mol. The number of rotatable bonds is 8. The van der Waals surface area contributed by atoms with Gasteiger partial charge in [-0.05, 0) is 42.0 Å². The van der Waals surface area contributed by atoms with Crippen LogP contribution in [0.4, 0.5) is 11.4 Å². The van der Waals surface area contributed by atoms with Crippen molar-refractivity contribution < 1.29 is 9.53 Å². The second-order valence-electron chi connectivity index (χ2n) is 8.83. The van der Waals surface area contributed by atoms with Crippen molar-refractivity contribution in [3.8, 4) is 5.75 Å². The molecule has 1 aliphatic heterocycles. The van der Waals surface area contributed by atoms with E-state index in [1.807, 2.05) is 19.1 Å². The Morgan fingerprint density at radius 2 is 1.55 bits per heavy atom. The molecule has 5 nitrogen and oxygen atoms in total. The van der Waals surface area contributed by atoms with Gasteiger partial charge < -0.3 is 15.0 Å². The molecule has 0 atom stereocenters. The number of piperazine rings is 1. The van der Waals surface area contributed by atoms with Gasteiger partial charge in [0, 0.05) is 31.9 Å². The van der Waals surface area contributed by atoms with Crippen molar-refractivity contribution in [3.63, 3.8) is 0 Å². The van der Waals surface area contributed by atoms with Crippen LogP contribution >= 0.6 is 0 Å².